The van der Waals surface area contributed by atoms with Gasteiger partial charge < -0.3 is 20.1 Å². The summed E-state index contributed by atoms with van der Waals surface area (Å²) in [6.45, 7) is 1.68. The highest BCUT2D eigenvalue weighted by Gasteiger charge is 2.19. The van der Waals surface area contributed by atoms with Crippen molar-refractivity contribution in [2.75, 3.05) is 26.5 Å². The van der Waals surface area contributed by atoms with Gasteiger partial charge in [0.1, 0.15) is 0 Å². The van der Waals surface area contributed by atoms with Crippen molar-refractivity contribution in [3.05, 3.63) is 23.8 Å². The van der Waals surface area contributed by atoms with Gasteiger partial charge in [-0.1, -0.05) is 6.07 Å². The highest BCUT2D eigenvalue weighted by molar-refractivity contribution is 8.00. The monoisotopic (exact) mass is 377 g/mol. The lowest BCUT2D eigenvalue weighted by Crippen LogP contribution is -2.39. The molecule has 1 heterocycles. The number of aliphatic imine (C=N–C) groups is 1. The van der Waals surface area contributed by atoms with Crippen LogP contribution in [0.25, 0.3) is 0 Å². The van der Waals surface area contributed by atoms with Gasteiger partial charge in [-0.2, -0.15) is 11.8 Å². The van der Waals surface area contributed by atoms with Crippen molar-refractivity contribution in [3.63, 3.8) is 0 Å². The van der Waals surface area contributed by atoms with Crippen molar-refractivity contribution in [1.82, 2.24) is 10.6 Å². The fourth-order valence-corrected chi connectivity index (χ4v) is 4.73. The van der Waals surface area contributed by atoms with Gasteiger partial charge in [0, 0.05) is 25.4 Å². The highest BCUT2D eigenvalue weighted by atomic mass is 32.2. The van der Waals surface area contributed by atoms with Gasteiger partial charge in [-0.15, -0.1) is 0 Å². The molecule has 1 aliphatic carbocycles. The van der Waals surface area contributed by atoms with Crippen LogP contribution in [0.4, 0.5) is 0 Å². The molecule has 1 aromatic carbocycles. The van der Waals surface area contributed by atoms with Crippen LogP contribution in [0.1, 0.15) is 44.1 Å². The van der Waals surface area contributed by atoms with Crippen molar-refractivity contribution in [2.24, 2.45) is 4.99 Å². The summed E-state index contributed by atoms with van der Waals surface area (Å²) in [6, 6.07) is 6.18. The molecule has 2 N–H and O–H groups in total. The van der Waals surface area contributed by atoms with Crippen LogP contribution < -0.4 is 20.1 Å². The number of nitrogens with zero attached hydrogens (tertiary/aromatic N) is 1. The minimum Gasteiger partial charge on any atom is -0.493 e. The Labute approximate surface area is 161 Å². The zero-order chi connectivity index (χ0) is 18.2. The van der Waals surface area contributed by atoms with E-state index in [-0.39, 0.29) is 0 Å². The summed E-state index contributed by atoms with van der Waals surface area (Å²) in [4.78, 5) is 4.32. The zero-order valence-electron chi connectivity index (χ0n) is 15.9. The summed E-state index contributed by atoms with van der Waals surface area (Å²) >= 11 is 2.05. The van der Waals surface area contributed by atoms with E-state index < -0.39 is 0 Å². The maximum Gasteiger partial charge on any atom is 0.191 e. The van der Waals surface area contributed by atoms with E-state index in [1.165, 1.54) is 31.4 Å². The maximum atomic E-state index is 6.11. The lowest BCUT2D eigenvalue weighted by atomic mass is 10.2. The maximum absolute atomic E-state index is 6.11. The van der Waals surface area contributed by atoms with Crippen molar-refractivity contribution in [2.45, 2.75) is 56.4 Å². The van der Waals surface area contributed by atoms with Crippen molar-refractivity contribution in [3.8, 4) is 11.5 Å². The second-order valence-corrected chi connectivity index (χ2v) is 8.36. The minimum absolute atomic E-state index is 0.337. The molecule has 1 saturated heterocycles. The van der Waals surface area contributed by atoms with Gasteiger partial charge in [0.2, 0.25) is 0 Å². The Morgan fingerprint density at radius 3 is 2.69 bits per heavy atom. The molecule has 3 rings (SSSR count). The van der Waals surface area contributed by atoms with Crippen LogP contribution in [0.2, 0.25) is 0 Å². The molecule has 2 aliphatic rings. The van der Waals surface area contributed by atoms with Crippen molar-refractivity contribution in [1.29, 1.82) is 0 Å². The van der Waals surface area contributed by atoms with Gasteiger partial charge in [0.15, 0.2) is 17.5 Å². The van der Waals surface area contributed by atoms with Gasteiger partial charge in [-0.3, -0.25) is 4.99 Å². The average Bonchev–Trinajstić information content (AvgIpc) is 3.36. The van der Waals surface area contributed by atoms with E-state index in [2.05, 4.69) is 39.5 Å². The molecule has 0 bridgehead atoms. The lowest BCUT2D eigenvalue weighted by Gasteiger charge is -2.18. The molecule has 144 valence electrons. The summed E-state index contributed by atoms with van der Waals surface area (Å²) in [6.07, 6.45) is 7.79. The molecule has 0 amide bonds. The molecule has 1 atom stereocenters. The Morgan fingerprint density at radius 1 is 1.15 bits per heavy atom. The van der Waals surface area contributed by atoms with E-state index in [0.717, 1.165) is 42.4 Å². The summed E-state index contributed by atoms with van der Waals surface area (Å²) in [7, 11) is 3.52. The second-order valence-electron chi connectivity index (χ2n) is 6.95. The van der Waals surface area contributed by atoms with Gasteiger partial charge >= 0.3 is 0 Å². The first kappa shape index (κ1) is 19.2. The van der Waals surface area contributed by atoms with Crippen LogP contribution in [0.5, 0.6) is 11.5 Å². The molecule has 5 nitrogen and oxygen atoms in total. The van der Waals surface area contributed by atoms with Crippen LogP contribution in [-0.4, -0.2) is 43.8 Å². The number of hydrogen-bond acceptors (Lipinski definition) is 4. The third-order valence-corrected chi connectivity index (χ3v) is 6.43. The fraction of sp³-hybridized carbons (Fsp3) is 0.650. The molecular weight excluding hydrogens is 346 g/mol. The largest absolute Gasteiger partial charge is 0.493 e. The Kier molecular flexibility index (Phi) is 7.35. The fourth-order valence-electron chi connectivity index (χ4n) is 3.53. The van der Waals surface area contributed by atoms with E-state index in [0.29, 0.717) is 17.9 Å². The Balaban J connectivity index is 1.51. The molecule has 0 spiro atoms. The first-order valence-corrected chi connectivity index (χ1v) is 10.7. The molecule has 2 fully saturated rings. The Hall–Kier alpha value is -1.56. The van der Waals surface area contributed by atoms with Crippen LogP contribution in [0.15, 0.2) is 23.2 Å². The predicted molar refractivity (Wildman–Crippen MR) is 110 cm³/mol. The van der Waals surface area contributed by atoms with Crippen LogP contribution in [-0.2, 0) is 6.54 Å². The molecular formula is C20H31N3O2S. The molecule has 1 aromatic rings. The summed E-state index contributed by atoms with van der Waals surface area (Å²) in [5, 5.41) is 7.53. The first-order chi connectivity index (χ1) is 12.8. The summed E-state index contributed by atoms with van der Waals surface area (Å²) in [5.41, 5.74) is 1.15. The first-order valence-electron chi connectivity index (χ1n) is 9.68. The van der Waals surface area contributed by atoms with E-state index in [9.17, 15) is 0 Å². The Bertz CT molecular complexity index is 597. The van der Waals surface area contributed by atoms with E-state index in [1.54, 1.807) is 7.11 Å². The minimum atomic E-state index is 0.337. The van der Waals surface area contributed by atoms with Gasteiger partial charge in [0.25, 0.3) is 0 Å². The lowest BCUT2D eigenvalue weighted by molar-refractivity contribution is 0.200. The zero-order valence-corrected chi connectivity index (χ0v) is 16.7. The topological polar surface area (TPSA) is 54.9 Å². The Morgan fingerprint density at radius 2 is 2.00 bits per heavy atom. The number of hydrogen-bond donors (Lipinski definition) is 2. The molecule has 1 unspecified atom stereocenters. The normalized spacial score (nSPS) is 21.0. The molecule has 0 aromatic heterocycles. The number of thioether (sulfide) groups is 1. The van der Waals surface area contributed by atoms with E-state index in [4.69, 9.17) is 9.47 Å². The molecule has 1 saturated carbocycles. The number of benzene rings is 1. The molecule has 1 aliphatic heterocycles. The van der Waals surface area contributed by atoms with E-state index in [1.807, 2.05) is 13.1 Å². The predicted octanol–water partition coefficient (Wildman–Crippen LogP) is 3.58. The number of methoxy groups -OCH3 is 1. The molecule has 26 heavy (non-hydrogen) atoms. The number of guanidine groups is 1. The number of nitrogens with one attached hydrogen (secondary N) is 2. The summed E-state index contributed by atoms with van der Waals surface area (Å²) < 4.78 is 11.7. The van der Waals surface area contributed by atoms with Gasteiger partial charge in [-0.05, 0) is 62.0 Å². The SMILES string of the molecule is CN=C(NCc1ccc(OC2CCCC2)c(OC)c1)NCC1CCCS1. The second kappa shape index (κ2) is 9.95. The number of ether oxygens (including phenoxy) is 2. The molecule has 0 radical (unpaired) electrons. The summed E-state index contributed by atoms with van der Waals surface area (Å²) in [5.74, 6) is 3.79. The molecule has 6 heteroatoms. The standard InChI is InChI=1S/C20H31N3O2S/c1-21-20(23-14-17-8-5-11-26-17)22-13-15-9-10-18(19(12-15)24-2)25-16-6-3-4-7-16/h9-10,12,16-17H,3-8,11,13-14H2,1-2H3,(H2,21,22,23). The van der Waals surface area contributed by atoms with Crippen LogP contribution >= 0.6 is 11.8 Å². The van der Waals surface area contributed by atoms with Crippen LogP contribution in [0.3, 0.4) is 0 Å². The third-order valence-electron chi connectivity index (χ3n) is 5.03. The van der Waals surface area contributed by atoms with E-state index >= 15 is 0 Å². The average molecular weight is 378 g/mol. The van der Waals surface area contributed by atoms with Crippen molar-refractivity contribution < 1.29 is 9.47 Å². The number of rotatable bonds is 7. The van der Waals surface area contributed by atoms with Gasteiger partial charge in [-0.25, -0.2) is 0 Å². The quantitative estimate of drug-likeness (QED) is 0.562. The van der Waals surface area contributed by atoms with Gasteiger partial charge in [0.05, 0.1) is 13.2 Å². The van der Waals surface area contributed by atoms with Crippen molar-refractivity contribution >= 4 is 17.7 Å². The van der Waals surface area contributed by atoms with Crippen LogP contribution in [0, 0.1) is 0 Å². The smallest absolute Gasteiger partial charge is 0.191 e. The third kappa shape index (κ3) is 5.47. The highest BCUT2D eigenvalue weighted by Crippen LogP contribution is 2.32.